The molecule has 0 aliphatic carbocycles. The van der Waals surface area contributed by atoms with Crippen molar-refractivity contribution in [3.8, 4) is 11.4 Å². The molecule has 0 bridgehead atoms. The van der Waals surface area contributed by atoms with Crippen LogP contribution in [-0.4, -0.2) is 26.4 Å². The first kappa shape index (κ1) is 22.7. The number of rotatable bonds is 9. The fourth-order valence-corrected chi connectivity index (χ4v) is 4.34. The molecular formula is C26H25FN4OS. The Morgan fingerprint density at radius 1 is 0.970 bits per heavy atom. The number of thioether (sulfide) groups is 1. The fourth-order valence-electron chi connectivity index (χ4n) is 3.56. The third kappa shape index (κ3) is 5.87. The Kier molecular flexibility index (Phi) is 7.52. The van der Waals surface area contributed by atoms with E-state index in [0.29, 0.717) is 23.1 Å². The highest BCUT2D eigenvalue weighted by atomic mass is 32.2. The zero-order chi connectivity index (χ0) is 23.0. The van der Waals surface area contributed by atoms with Crippen LogP contribution in [-0.2, 0) is 17.8 Å². The van der Waals surface area contributed by atoms with Crippen molar-refractivity contribution in [3.05, 3.63) is 102 Å². The van der Waals surface area contributed by atoms with E-state index in [2.05, 4.69) is 27.6 Å². The van der Waals surface area contributed by atoms with Crippen LogP contribution in [0.25, 0.3) is 11.4 Å². The molecule has 3 aromatic carbocycles. The normalized spacial score (nSPS) is 11.8. The van der Waals surface area contributed by atoms with E-state index in [4.69, 9.17) is 0 Å². The van der Waals surface area contributed by atoms with E-state index in [1.807, 2.05) is 60.0 Å². The summed E-state index contributed by atoms with van der Waals surface area (Å²) in [5.74, 6) is 0.209. The Labute approximate surface area is 197 Å². The third-order valence-electron chi connectivity index (χ3n) is 5.31. The molecular weight excluding hydrogens is 435 g/mol. The number of amides is 1. The van der Waals surface area contributed by atoms with Crippen molar-refractivity contribution in [3.63, 3.8) is 0 Å². The van der Waals surface area contributed by atoms with Gasteiger partial charge in [0, 0.05) is 6.54 Å². The van der Waals surface area contributed by atoms with E-state index >= 15 is 0 Å². The molecule has 168 valence electrons. The average Bonchev–Trinajstić information content (AvgIpc) is 3.25. The summed E-state index contributed by atoms with van der Waals surface area (Å²) in [4.78, 5) is 12.6. The highest BCUT2D eigenvalue weighted by Crippen LogP contribution is 2.26. The summed E-state index contributed by atoms with van der Waals surface area (Å²) in [6, 6.07) is 26.3. The van der Waals surface area contributed by atoms with Crippen LogP contribution in [0.4, 0.5) is 4.39 Å². The van der Waals surface area contributed by atoms with Crippen LogP contribution in [0, 0.1) is 5.82 Å². The van der Waals surface area contributed by atoms with Gasteiger partial charge in [0.15, 0.2) is 11.0 Å². The Hall–Kier alpha value is -3.45. The molecule has 1 amide bonds. The van der Waals surface area contributed by atoms with Crippen LogP contribution in [0.3, 0.4) is 0 Å². The minimum atomic E-state index is -0.350. The molecule has 1 atom stereocenters. The molecule has 7 heteroatoms. The molecule has 1 heterocycles. The van der Waals surface area contributed by atoms with Crippen LogP contribution in [0.15, 0.2) is 90.1 Å². The maximum Gasteiger partial charge on any atom is 0.230 e. The summed E-state index contributed by atoms with van der Waals surface area (Å²) in [7, 11) is 0. The Bertz CT molecular complexity index is 1200. The number of carbonyl (C=O) groups excluding carboxylic acids is 1. The predicted molar refractivity (Wildman–Crippen MR) is 129 cm³/mol. The molecule has 0 saturated heterocycles. The zero-order valence-electron chi connectivity index (χ0n) is 18.3. The van der Waals surface area contributed by atoms with Crippen molar-refractivity contribution >= 4 is 17.7 Å². The van der Waals surface area contributed by atoms with Gasteiger partial charge in [-0.2, -0.15) is 0 Å². The number of carbonyl (C=O) groups is 1. The SMILES string of the molecule is CC(NC(=O)CSc1nnc(-c2ccccc2F)n1CCc1ccccc1)c1ccccc1. The molecule has 33 heavy (non-hydrogen) atoms. The van der Waals surface area contributed by atoms with Gasteiger partial charge in [0.2, 0.25) is 5.91 Å². The minimum Gasteiger partial charge on any atom is -0.349 e. The predicted octanol–water partition coefficient (Wildman–Crippen LogP) is 5.30. The largest absolute Gasteiger partial charge is 0.349 e. The molecule has 4 rings (SSSR count). The summed E-state index contributed by atoms with van der Waals surface area (Å²) < 4.78 is 16.4. The number of halogens is 1. The lowest BCUT2D eigenvalue weighted by molar-refractivity contribution is -0.119. The van der Waals surface area contributed by atoms with E-state index in [-0.39, 0.29) is 23.5 Å². The monoisotopic (exact) mass is 460 g/mol. The second-order valence-electron chi connectivity index (χ2n) is 7.66. The lowest BCUT2D eigenvalue weighted by Crippen LogP contribution is -2.28. The molecule has 5 nitrogen and oxygen atoms in total. The van der Waals surface area contributed by atoms with E-state index in [1.165, 1.54) is 17.8 Å². The Balaban J connectivity index is 1.49. The van der Waals surface area contributed by atoms with E-state index in [0.717, 1.165) is 17.5 Å². The van der Waals surface area contributed by atoms with Gasteiger partial charge in [-0.1, -0.05) is 84.6 Å². The molecule has 0 radical (unpaired) electrons. The van der Waals surface area contributed by atoms with Gasteiger partial charge in [0.25, 0.3) is 0 Å². The molecule has 0 aliphatic rings. The number of hydrogen-bond donors (Lipinski definition) is 1. The number of aryl methyl sites for hydroxylation is 1. The van der Waals surface area contributed by atoms with Gasteiger partial charge in [-0.3, -0.25) is 4.79 Å². The summed E-state index contributed by atoms with van der Waals surface area (Å²) in [6.07, 6.45) is 0.741. The topological polar surface area (TPSA) is 59.8 Å². The fraction of sp³-hybridized carbons (Fsp3) is 0.192. The zero-order valence-corrected chi connectivity index (χ0v) is 19.1. The van der Waals surface area contributed by atoms with Gasteiger partial charge in [0.05, 0.1) is 17.4 Å². The quantitative estimate of drug-likeness (QED) is 0.345. The molecule has 0 fully saturated rings. The van der Waals surface area contributed by atoms with Gasteiger partial charge < -0.3 is 9.88 Å². The van der Waals surface area contributed by atoms with Crippen molar-refractivity contribution in [1.82, 2.24) is 20.1 Å². The van der Waals surface area contributed by atoms with Crippen LogP contribution < -0.4 is 5.32 Å². The maximum atomic E-state index is 14.5. The third-order valence-corrected chi connectivity index (χ3v) is 6.27. The van der Waals surface area contributed by atoms with E-state index in [9.17, 15) is 9.18 Å². The molecule has 1 unspecified atom stereocenters. The summed E-state index contributed by atoms with van der Waals surface area (Å²) in [5, 5.41) is 12.2. The Morgan fingerprint density at radius 3 is 2.36 bits per heavy atom. The van der Waals surface area contributed by atoms with Crippen molar-refractivity contribution in [2.45, 2.75) is 31.1 Å². The van der Waals surface area contributed by atoms with Crippen LogP contribution in [0.1, 0.15) is 24.1 Å². The first-order valence-corrected chi connectivity index (χ1v) is 11.8. The van der Waals surface area contributed by atoms with Crippen LogP contribution >= 0.6 is 11.8 Å². The lowest BCUT2D eigenvalue weighted by Gasteiger charge is -2.14. The molecule has 0 saturated carbocycles. The second-order valence-corrected chi connectivity index (χ2v) is 8.60. The van der Waals surface area contributed by atoms with Gasteiger partial charge in [-0.15, -0.1) is 10.2 Å². The molecule has 0 aliphatic heterocycles. The first-order valence-electron chi connectivity index (χ1n) is 10.8. The highest BCUT2D eigenvalue weighted by Gasteiger charge is 2.18. The molecule has 1 aromatic heterocycles. The summed E-state index contributed by atoms with van der Waals surface area (Å²) in [6.45, 7) is 2.53. The highest BCUT2D eigenvalue weighted by molar-refractivity contribution is 7.99. The maximum absolute atomic E-state index is 14.5. The van der Waals surface area contributed by atoms with E-state index in [1.54, 1.807) is 18.2 Å². The minimum absolute atomic E-state index is 0.0933. The number of nitrogens with one attached hydrogen (secondary N) is 1. The summed E-state index contributed by atoms with van der Waals surface area (Å²) in [5.41, 5.74) is 2.60. The van der Waals surface area contributed by atoms with Crippen LogP contribution in [0.2, 0.25) is 0 Å². The van der Waals surface area contributed by atoms with Crippen molar-refractivity contribution in [2.24, 2.45) is 0 Å². The number of benzene rings is 3. The molecule has 4 aromatic rings. The lowest BCUT2D eigenvalue weighted by atomic mass is 10.1. The first-order chi connectivity index (χ1) is 16.1. The van der Waals surface area contributed by atoms with Gasteiger partial charge >= 0.3 is 0 Å². The smallest absolute Gasteiger partial charge is 0.230 e. The van der Waals surface area contributed by atoms with Gasteiger partial charge in [-0.05, 0) is 36.6 Å². The summed E-state index contributed by atoms with van der Waals surface area (Å²) >= 11 is 1.30. The second kappa shape index (κ2) is 10.9. The number of aromatic nitrogens is 3. The Morgan fingerprint density at radius 2 is 1.64 bits per heavy atom. The van der Waals surface area contributed by atoms with Crippen molar-refractivity contribution in [2.75, 3.05) is 5.75 Å². The average molecular weight is 461 g/mol. The standard InChI is InChI=1S/C26H25FN4OS/c1-19(21-12-6-3-7-13-21)28-24(32)18-33-26-30-29-25(22-14-8-9-15-23(22)27)31(26)17-16-20-10-4-2-5-11-20/h2-15,19H,16-18H2,1H3,(H,28,32). The van der Waals surface area contributed by atoms with Crippen molar-refractivity contribution in [1.29, 1.82) is 0 Å². The number of nitrogens with zero attached hydrogens (tertiary/aromatic N) is 3. The van der Waals surface area contributed by atoms with Gasteiger partial charge in [0.1, 0.15) is 5.82 Å². The molecule has 1 N–H and O–H groups in total. The molecule has 0 spiro atoms. The van der Waals surface area contributed by atoms with Crippen LogP contribution in [0.5, 0.6) is 0 Å². The van der Waals surface area contributed by atoms with Crippen molar-refractivity contribution < 1.29 is 9.18 Å². The number of hydrogen-bond acceptors (Lipinski definition) is 4. The van der Waals surface area contributed by atoms with Gasteiger partial charge in [-0.25, -0.2) is 4.39 Å². The van der Waals surface area contributed by atoms with E-state index < -0.39 is 0 Å².